The lowest BCUT2D eigenvalue weighted by atomic mass is 10.1. The van der Waals surface area contributed by atoms with Gasteiger partial charge in [0.15, 0.2) is 11.5 Å². The van der Waals surface area contributed by atoms with Crippen LogP contribution in [0, 0.1) is 11.3 Å². The average Bonchev–Trinajstić information content (AvgIpc) is 2.67. The molecule has 0 aliphatic heterocycles. The molecule has 28 heavy (non-hydrogen) atoms. The largest absolute Gasteiger partial charge is 0.490 e. The van der Waals surface area contributed by atoms with Crippen LogP contribution in [-0.2, 0) is 11.4 Å². The van der Waals surface area contributed by atoms with E-state index in [4.69, 9.17) is 32.7 Å². The summed E-state index contributed by atoms with van der Waals surface area (Å²) in [6.45, 7) is 2.59. The quantitative estimate of drug-likeness (QED) is 0.470. The van der Waals surface area contributed by atoms with Crippen LogP contribution in [0.25, 0.3) is 6.08 Å². The summed E-state index contributed by atoms with van der Waals surface area (Å²) in [6.07, 6.45) is 1.52. The number of carbonyl (C=O) groups excluding carboxylic acids is 1. The van der Waals surface area contributed by atoms with E-state index in [1.165, 1.54) is 11.0 Å². The third-order valence-electron chi connectivity index (χ3n) is 3.71. The lowest BCUT2D eigenvalue weighted by molar-refractivity contribution is -0.124. The number of amides is 1. The maximum atomic E-state index is 12.0. The topological polar surface area (TPSA) is 62.6 Å². The van der Waals surface area contributed by atoms with E-state index in [2.05, 4.69) is 0 Å². The SMILES string of the molecule is CCOc1cc(/C=C(/C#N)C(=O)N(C)C)ccc1OCc1ccc(Cl)c(Cl)c1. The molecule has 5 nitrogen and oxygen atoms in total. The second kappa shape index (κ2) is 10.0. The van der Waals surface area contributed by atoms with E-state index in [9.17, 15) is 10.1 Å². The number of ether oxygens (including phenoxy) is 2. The molecule has 0 saturated heterocycles. The van der Waals surface area contributed by atoms with Crippen LogP contribution in [0.4, 0.5) is 0 Å². The Morgan fingerprint density at radius 1 is 1.11 bits per heavy atom. The first-order chi connectivity index (χ1) is 13.3. The lowest BCUT2D eigenvalue weighted by Crippen LogP contribution is -2.22. The van der Waals surface area contributed by atoms with Crippen LogP contribution < -0.4 is 9.47 Å². The van der Waals surface area contributed by atoms with Gasteiger partial charge in [0, 0.05) is 14.1 Å². The number of nitriles is 1. The van der Waals surface area contributed by atoms with Crippen molar-refractivity contribution in [3.05, 3.63) is 63.1 Å². The molecule has 0 N–H and O–H groups in total. The van der Waals surface area contributed by atoms with Crippen LogP contribution in [0.15, 0.2) is 42.0 Å². The average molecular weight is 419 g/mol. The highest BCUT2D eigenvalue weighted by molar-refractivity contribution is 6.42. The molecule has 0 bridgehead atoms. The van der Waals surface area contributed by atoms with Gasteiger partial charge in [0.25, 0.3) is 5.91 Å². The summed E-state index contributed by atoms with van der Waals surface area (Å²) in [7, 11) is 3.19. The predicted octanol–water partition coefficient (Wildman–Crippen LogP) is 4.97. The monoisotopic (exact) mass is 418 g/mol. The Morgan fingerprint density at radius 2 is 1.86 bits per heavy atom. The Kier molecular flexibility index (Phi) is 7.74. The van der Waals surface area contributed by atoms with Gasteiger partial charge in [-0.25, -0.2) is 0 Å². The minimum atomic E-state index is -0.361. The lowest BCUT2D eigenvalue weighted by Gasteiger charge is -2.13. The minimum Gasteiger partial charge on any atom is -0.490 e. The van der Waals surface area contributed by atoms with Crippen LogP contribution in [0.5, 0.6) is 11.5 Å². The summed E-state index contributed by atoms with van der Waals surface area (Å²) < 4.78 is 11.5. The van der Waals surface area contributed by atoms with E-state index in [1.54, 1.807) is 44.4 Å². The van der Waals surface area contributed by atoms with Gasteiger partial charge in [-0.05, 0) is 48.4 Å². The zero-order valence-electron chi connectivity index (χ0n) is 15.8. The molecular weight excluding hydrogens is 399 g/mol. The van der Waals surface area contributed by atoms with Crippen LogP contribution in [-0.4, -0.2) is 31.5 Å². The summed E-state index contributed by atoms with van der Waals surface area (Å²) in [5.41, 5.74) is 1.57. The molecule has 7 heteroatoms. The van der Waals surface area contributed by atoms with E-state index < -0.39 is 0 Å². The third kappa shape index (κ3) is 5.66. The molecule has 0 aliphatic rings. The number of nitrogens with zero attached hydrogens (tertiary/aromatic N) is 2. The van der Waals surface area contributed by atoms with Gasteiger partial charge in [-0.3, -0.25) is 4.79 Å². The van der Waals surface area contributed by atoms with E-state index in [0.29, 0.717) is 33.7 Å². The van der Waals surface area contributed by atoms with Crippen LogP contribution in [0.2, 0.25) is 10.0 Å². The van der Waals surface area contributed by atoms with Gasteiger partial charge < -0.3 is 14.4 Å². The van der Waals surface area contributed by atoms with E-state index in [0.717, 1.165) is 5.56 Å². The van der Waals surface area contributed by atoms with Gasteiger partial charge in [0.1, 0.15) is 18.2 Å². The van der Waals surface area contributed by atoms with Gasteiger partial charge in [-0.1, -0.05) is 35.3 Å². The second-order valence-electron chi connectivity index (χ2n) is 6.05. The van der Waals surface area contributed by atoms with Crippen molar-refractivity contribution >= 4 is 35.2 Å². The van der Waals surface area contributed by atoms with Gasteiger partial charge in [-0.2, -0.15) is 5.26 Å². The van der Waals surface area contributed by atoms with Gasteiger partial charge >= 0.3 is 0 Å². The number of halogens is 2. The Bertz CT molecular complexity index is 934. The molecule has 0 unspecified atom stereocenters. The molecule has 0 heterocycles. The maximum Gasteiger partial charge on any atom is 0.264 e. The molecule has 0 saturated carbocycles. The molecule has 0 aromatic heterocycles. The van der Waals surface area contributed by atoms with Gasteiger partial charge in [0.05, 0.1) is 16.7 Å². The van der Waals surface area contributed by atoms with Crippen LogP contribution in [0.1, 0.15) is 18.1 Å². The first-order valence-corrected chi connectivity index (χ1v) is 9.28. The number of rotatable bonds is 7. The Morgan fingerprint density at radius 3 is 2.46 bits per heavy atom. The Balaban J connectivity index is 2.25. The summed E-state index contributed by atoms with van der Waals surface area (Å²) >= 11 is 12.0. The summed E-state index contributed by atoms with van der Waals surface area (Å²) in [5.74, 6) is 0.703. The zero-order chi connectivity index (χ0) is 20.7. The van der Waals surface area contributed by atoms with Crippen molar-refractivity contribution in [1.29, 1.82) is 5.26 Å². The number of carbonyl (C=O) groups is 1. The highest BCUT2D eigenvalue weighted by Crippen LogP contribution is 2.31. The number of likely N-dealkylation sites (N-methyl/N-ethyl adjacent to an activating group) is 1. The molecule has 1 amide bonds. The standard InChI is InChI=1S/C21H20Cl2N2O3/c1-4-27-20-11-14(9-16(12-24)21(26)25(2)3)6-8-19(20)28-13-15-5-7-17(22)18(23)10-15/h5-11H,4,13H2,1-3H3/b16-9-. The fraction of sp³-hybridized carbons (Fsp3) is 0.238. The smallest absolute Gasteiger partial charge is 0.264 e. The van der Waals surface area contributed by atoms with Crippen molar-refractivity contribution in [2.45, 2.75) is 13.5 Å². The fourth-order valence-electron chi connectivity index (χ4n) is 2.34. The second-order valence-corrected chi connectivity index (χ2v) is 6.86. The number of hydrogen-bond donors (Lipinski definition) is 0. The van der Waals surface area contributed by atoms with Crippen LogP contribution in [0.3, 0.4) is 0 Å². The summed E-state index contributed by atoms with van der Waals surface area (Å²) in [4.78, 5) is 13.4. The Labute approximate surface area is 174 Å². The van der Waals surface area contributed by atoms with E-state index in [1.807, 2.05) is 19.1 Å². The highest BCUT2D eigenvalue weighted by atomic mass is 35.5. The van der Waals surface area contributed by atoms with Crippen LogP contribution >= 0.6 is 23.2 Å². The molecule has 0 aliphatic carbocycles. The van der Waals surface area contributed by atoms with Gasteiger partial charge in [0.2, 0.25) is 0 Å². The van der Waals surface area contributed by atoms with Gasteiger partial charge in [-0.15, -0.1) is 0 Å². The molecule has 0 fully saturated rings. The minimum absolute atomic E-state index is 0.0388. The Hall–Kier alpha value is -2.68. The zero-order valence-corrected chi connectivity index (χ0v) is 17.3. The first kappa shape index (κ1) is 21.6. The molecule has 2 aromatic rings. The number of benzene rings is 2. The van der Waals surface area contributed by atoms with E-state index in [-0.39, 0.29) is 18.1 Å². The molecule has 0 atom stereocenters. The molecular formula is C21H20Cl2N2O3. The molecule has 0 spiro atoms. The fourth-order valence-corrected chi connectivity index (χ4v) is 2.66. The molecule has 0 radical (unpaired) electrons. The number of hydrogen-bond acceptors (Lipinski definition) is 4. The normalized spacial score (nSPS) is 10.9. The van der Waals surface area contributed by atoms with Crippen molar-refractivity contribution in [2.24, 2.45) is 0 Å². The highest BCUT2D eigenvalue weighted by Gasteiger charge is 2.13. The van der Waals surface area contributed by atoms with Crippen molar-refractivity contribution in [3.8, 4) is 17.6 Å². The maximum absolute atomic E-state index is 12.0. The predicted molar refractivity (Wildman–Crippen MR) is 111 cm³/mol. The molecule has 2 aromatic carbocycles. The van der Waals surface area contributed by atoms with Crippen molar-refractivity contribution < 1.29 is 14.3 Å². The third-order valence-corrected chi connectivity index (χ3v) is 4.45. The summed E-state index contributed by atoms with van der Waals surface area (Å²) in [6, 6.07) is 12.4. The molecule has 146 valence electrons. The van der Waals surface area contributed by atoms with Crippen molar-refractivity contribution in [1.82, 2.24) is 4.90 Å². The van der Waals surface area contributed by atoms with Crippen molar-refractivity contribution in [3.63, 3.8) is 0 Å². The van der Waals surface area contributed by atoms with E-state index >= 15 is 0 Å². The summed E-state index contributed by atoms with van der Waals surface area (Å²) in [5, 5.41) is 10.2. The first-order valence-electron chi connectivity index (χ1n) is 8.52. The molecule has 2 rings (SSSR count). The van der Waals surface area contributed by atoms with Crippen molar-refractivity contribution in [2.75, 3.05) is 20.7 Å².